The first-order chi connectivity index (χ1) is 9.11. The summed E-state index contributed by atoms with van der Waals surface area (Å²) in [6.45, 7) is 2.01. The van der Waals surface area contributed by atoms with Crippen molar-refractivity contribution in [3.63, 3.8) is 0 Å². The molecule has 0 fully saturated rings. The van der Waals surface area contributed by atoms with Gasteiger partial charge in [-0.1, -0.05) is 11.3 Å². The van der Waals surface area contributed by atoms with Crippen LogP contribution in [0.25, 0.3) is 0 Å². The summed E-state index contributed by atoms with van der Waals surface area (Å²) in [7, 11) is 0. The Kier molecular flexibility index (Phi) is 4.06. The van der Waals surface area contributed by atoms with Crippen molar-refractivity contribution in [3.8, 4) is 0 Å². The minimum atomic E-state index is -0.647. The maximum atomic E-state index is 13.7. The van der Waals surface area contributed by atoms with Crippen LogP contribution < -0.4 is 5.32 Å². The highest BCUT2D eigenvalue weighted by Crippen LogP contribution is 2.21. The first-order valence-electron chi connectivity index (χ1n) is 5.80. The van der Waals surface area contributed by atoms with E-state index in [1.54, 1.807) is 13.1 Å². The fourth-order valence-electron chi connectivity index (χ4n) is 1.63. The molecule has 0 unspecified atom stereocenters. The molecular weight excluding hydrogens is 254 g/mol. The van der Waals surface area contributed by atoms with Crippen LogP contribution in [-0.4, -0.2) is 26.7 Å². The highest BCUT2D eigenvalue weighted by molar-refractivity contribution is 5.49. The summed E-state index contributed by atoms with van der Waals surface area (Å²) in [6.07, 6.45) is 1.61. The number of benzene rings is 1. The molecule has 0 radical (unpaired) electrons. The lowest BCUT2D eigenvalue weighted by Gasteiger charge is -2.08. The summed E-state index contributed by atoms with van der Waals surface area (Å²) < 4.78 is 28.7. The quantitative estimate of drug-likeness (QED) is 0.862. The number of nitrogens with one attached hydrogen (secondary N) is 1. The van der Waals surface area contributed by atoms with E-state index >= 15 is 0 Å². The Morgan fingerprint density at radius 3 is 2.89 bits per heavy atom. The summed E-state index contributed by atoms with van der Waals surface area (Å²) in [5, 5.41) is 19.0. The van der Waals surface area contributed by atoms with E-state index in [2.05, 4.69) is 15.6 Å². The molecule has 0 spiro atoms. The second-order valence-electron chi connectivity index (χ2n) is 4.10. The molecule has 0 aliphatic rings. The zero-order chi connectivity index (χ0) is 13.8. The maximum Gasteiger partial charge on any atom is 0.152 e. The number of aliphatic hydroxyl groups is 1. The molecule has 0 saturated carbocycles. The average Bonchev–Trinajstić information content (AvgIpc) is 2.82. The topological polar surface area (TPSA) is 63.0 Å². The van der Waals surface area contributed by atoms with Crippen molar-refractivity contribution in [2.75, 3.05) is 11.9 Å². The van der Waals surface area contributed by atoms with Gasteiger partial charge in [-0.25, -0.2) is 13.5 Å². The van der Waals surface area contributed by atoms with Gasteiger partial charge in [0, 0.05) is 0 Å². The first-order valence-corrected chi connectivity index (χ1v) is 5.80. The van der Waals surface area contributed by atoms with Gasteiger partial charge in [0.2, 0.25) is 0 Å². The second kappa shape index (κ2) is 5.75. The third kappa shape index (κ3) is 3.05. The minimum absolute atomic E-state index is 0.0443. The van der Waals surface area contributed by atoms with Crippen molar-refractivity contribution < 1.29 is 13.9 Å². The van der Waals surface area contributed by atoms with Gasteiger partial charge in [0.25, 0.3) is 0 Å². The van der Waals surface area contributed by atoms with Gasteiger partial charge < -0.3 is 10.4 Å². The van der Waals surface area contributed by atoms with Gasteiger partial charge in [-0.2, -0.15) is 0 Å². The summed E-state index contributed by atoms with van der Waals surface area (Å²) >= 11 is 0. The summed E-state index contributed by atoms with van der Waals surface area (Å²) in [4.78, 5) is 0. The van der Waals surface area contributed by atoms with Crippen LogP contribution in [0.1, 0.15) is 11.3 Å². The molecule has 0 amide bonds. The van der Waals surface area contributed by atoms with Crippen molar-refractivity contribution in [1.29, 1.82) is 0 Å². The van der Waals surface area contributed by atoms with Crippen LogP contribution in [0.2, 0.25) is 0 Å². The number of halogens is 2. The standard InChI is InChI=1S/C12H14F2N4O/c1-8-2-3-10(13)12(11(8)14)15-6-9-7-18(4-5-19)17-16-9/h2-3,7,15,19H,4-6H2,1H3. The molecule has 1 aromatic carbocycles. The number of hydrogen-bond donors (Lipinski definition) is 2. The van der Waals surface area contributed by atoms with Crippen molar-refractivity contribution in [1.82, 2.24) is 15.0 Å². The molecule has 2 N–H and O–H groups in total. The predicted molar refractivity (Wildman–Crippen MR) is 65.5 cm³/mol. The summed E-state index contributed by atoms with van der Waals surface area (Å²) in [5.41, 5.74) is 0.735. The van der Waals surface area contributed by atoms with E-state index in [4.69, 9.17) is 5.11 Å². The number of aromatic nitrogens is 3. The normalized spacial score (nSPS) is 10.7. The third-order valence-electron chi connectivity index (χ3n) is 2.65. The zero-order valence-corrected chi connectivity index (χ0v) is 10.4. The average molecular weight is 268 g/mol. The van der Waals surface area contributed by atoms with Gasteiger partial charge in [0.05, 0.1) is 25.9 Å². The molecule has 1 heterocycles. The molecule has 0 atom stereocenters. The number of nitrogens with zero attached hydrogens (tertiary/aromatic N) is 3. The smallest absolute Gasteiger partial charge is 0.152 e. The Balaban J connectivity index is 2.07. The van der Waals surface area contributed by atoms with E-state index in [0.717, 1.165) is 0 Å². The Morgan fingerprint density at radius 1 is 1.37 bits per heavy atom. The molecule has 0 aliphatic carbocycles. The lowest BCUT2D eigenvalue weighted by Crippen LogP contribution is -2.05. The van der Waals surface area contributed by atoms with E-state index < -0.39 is 11.6 Å². The molecule has 5 nitrogen and oxygen atoms in total. The van der Waals surface area contributed by atoms with Crippen molar-refractivity contribution in [2.45, 2.75) is 20.0 Å². The number of hydrogen-bond acceptors (Lipinski definition) is 4. The molecule has 2 rings (SSSR count). The monoisotopic (exact) mass is 268 g/mol. The minimum Gasteiger partial charge on any atom is -0.394 e. The second-order valence-corrected chi connectivity index (χ2v) is 4.10. The van der Waals surface area contributed by atoms with Gasteiger partial charge in [0.1, 0.15) is 17.2 Å². The Hall–Kier alpha value is -2.02. The molecule has 7 heteroatoms. The molecule has 2 aromatic rings. The molecule has 0 aliphatic heterocycles. The van der Waals surface area contributed by atoms with Crippen molar-refractivity contribution in [2.24, 2.45) is 0 Å². The fraction of sp³-hybridized carbons (Fsp3) is 0.333. The van der Waals surface area contributed by atoms with Gasteiger partial charge in [0.15, 0.2) is 5.82 Å². The molecule has 0 bridgehead atoms. The van der Waals surface area contributed by atoms with Crippen LogP contribution in [0.15, 0.2) is 18.3 Å². The van der Waals surface area contributed by atoms with Crippen LogP contribution in [0.4, 0.5) is 14.5 Å². The predicted octanol–water partition coefficient (Wildman–Crippen LogP) is 1.47. The molecule has 1 aromatic heterocycles. The highest BCUT2D eigenvalue weighted by Gasteiger charge is 2.11. The SMILES string of the molecule is Cc1ccc(F)c(NCc2cn(CCO)nn2)c1F. The number of aryl methyl sites for hydroxylation is 1. The van der Waals surface area contributed by atoms with Crippen LogP contribution in [0.5, 0.6) is 0 Å². The Labute approximate surface area is 108 Å². The largest absolute Gasteiger partial charge is 0.394 e. The van der Waals surface area contributed by atoms with Gasteiger partial charge in [-0.15, -0.1) is 5.10 Å². The number of aliphatic hydroxyl groups excluding tert-OH is 1. The first kappa shape index (κ1) is 13.4. The van der Waals surface area contributed by atoms with Crippen LogP contribution >= 0.6 is 0 Å². The molecular formula is C12H14F2N4O. The van der Waals surface area contributed by atoms with E-state index in [1.807, 2.05) is 0 Å². The number of anilines is 1. The Morgan fingerprint density at radius 2 is 2.16 bits per heavy atom. The van der Waals surface area contributed by atoms with Gasteiger partial charge in [-0.3, -0.25) is 0 Å². The van der Waals surface area contributed by atoms with Crippen molar-refractivity contribution >= 4 is 5.69 Å². The highest BCUT2D eigenvalue weighted by atomic mass is 19.1. The van der Waals surface area contributed by atoms with Crippen LogP contribution in [0, 0.1) is 18.6 Å². The molecule has 102 valence electrons. The van der Waals surface area contributed by atoms with E-state index in [1.165, 1.54) is 16.8 Å². The molecule has 19 heavy (non-hydrogen) atoms. The van der Waals surface area contributed by atoms with Crippen LogP contribution in [-0.2, 0) is 13.1 Å². The maximum absolute atomic E-state index is 13.7. The Bertz CT molecular complexity index is 571. The van der Waals surface area contributed by atoms with E-state index in [0.29, 0.717) is 17.8 Å². The van der Waals surface area contributed by atoms with E-state index in [-0.39, 0.29) is 18.8 Å². The third-order valence-corrected chi connectivity index (χ3v) is 2.65. The molecule has 0 saturated heterocycles. The fourth-order valence-corrected chi connectivity index (χ4v) is 1.63. The summed E-state index contributed by atoms with van der Waals surface area (Å²) in [6, 6.07) is 2.59. The van der Waals surface area contributed by atoms with Gasteiger partial charge in [-0.05, 0) is 18.6 Å². The lowest BCUT2D eigenvalue weighted by atomic mass is 10.2. The number of rotatable bonds is 5. The summed E-state index contributed by atoms with van der Waals surface area (Å²) in [5.74, 6) is -1.26. The zero-order valence-electron chi connectivity index (χ0n) is 10.4. The lowest BCUT2D eigenvalue weighted by molar-refractivity contribution is 0.268. The van der Waals surface area contributed by atoms with E-state index in [9.17, 15) is 8.78 Å². The van der Waals surface area contributed by atoms with Crippen LogP contribution in [0.3, 0.4) is 0 Å². The van der Waals surface area contributed by atoms with Gasteiger partial charge >= 0.3 is 0 Å². The van der Waals surface area contributed by atoms with Crippen molar-refractivity contribution in [3.05, 3.63) is 41.2 Å².